The Labute approximate surface area is 209 Å². The maximum atomic E-state index is 16.3. The molecule has 2 aromatic carbocycles. The molecule has 5 heteroatoms. The van der Waals surface area contributed by atoms with Gasteiger partial charge in [-0.15, -0.1) is 0 Å². The van der Waals surface area contributed by atoms with E-state index in [1.54, 1.807) is 62.4 Å². The number of nitrogens with two attached hydrogens (primary N) is 2. The molecule has 0 radical (unpaired) electrons. The molecule has 0 bridgehead atoms. The normalized spacial score (nSPS) is 23.2. The standard InChI is InChI=1S/C30H42F2N2O/c1-27(31,23-9-13-25(33)14-10-23)21-29(17-5-3-6-18-29)35-30(19-7-4-8-20-30)22-28(2,32)24-11-15-26(34)16-12-24/h9-16H,3-8,17-22,33-34H2,1-2H3. The molecule has 3 nitrogen and oxygen atoms in total. The molecule has 0 amide bonds. The zero-order valence-electron chi connectivity index (χ0n) is 21.4. The maximum Gasteiger partial charge on any atom is 0.136 e. The molecule has 35 heavy (non-hydrogen) atoms. The minimum atomic E-state index is -1.56. The first-order chi connectivity index (χ1) is 16.5. The first-order valence-corrected chi connectivity index (χ1v) is 13.3. The van der Waals surface area contributed by atoms with Gasteiger partial charge in [0.25, 0.3) is 0 Å². The summed E-state index contributed by atoms with van der Waals surface area (Å²) in [5, 5.41) is 0. The molecule has 2 saturated carbocycles. The number of nitrogen functional groups attached to an aromatic ring is 2. The Morgan fingerprint density at radius 1 is 0.629 bits per heavy atom. The Bertz CT molecular complexity index is 877. The number of ether oxygens (including phenoxy) is 1. The van der Waals surface area contributed by atoms with Gasteiger partial charge in [0.2, 0.25) is 0 Å². The first kappa shape index (κ1) is 25.9. The zero-order valence-corrected chi connectivity index (χ0v) is 21.4. The largest absolute Gasteiger partial charge is 0.399 e. The minimum absolute atomic E-state index is 0.274. The maximum absolute atomic E-state index is 16.3. The molecular formula is C30H42F2N2O. The minimum Gasteiger partial charge on any atom is -0.399 e. The molecule has 2 unspecified atom stereocenters. The lowest BCUT2D eigenvalue weighted by Gasteiger charge is -2.51. The number of benzene rings is 2. The topological polar surface area (TPSA) is 61.3 Å². The van der Waals surface area contributed by atoms with Crippen LogP contribution >= 0.6 is 0 Å². The smallest absolute Gasteiger partial charge is 0.136 e. The van der Waals surface area contributed by atoms with Crippen molar-refractivity contribution in [1.82, 2.24) is 0 Å². The van der Waals surface area contributed by atoms with Crippen LogP contribution in [0.25, 0.3) is 0 Å². The van der Waals surface area contributed by atoms with Crippen LogP contribution in [0, 0.1) is 0 Å². The van der Waals surface area contributed by atoms with Gasteiger partial charge in [0.1, 0.15) is 11.3 Å². The lowest BCUT2D eigenvalue weighted by atomic mass is 9.72. The first-order valence-electron chi connectivity index (χ1n) is 13.3. The van der Waals surface area contributed by atoms with Gasteiger partial charge in [-0.3, -0.25) is 0 Å². The van der Waals surface area contributed by atoms with E-state index in [4.69, 9.17) is 16.2 Å². The van der Waals surface area contributed by atoms with Gasteiger partial charge in [0, 0.05) is 24.2 Å². The van der Waals surface area contributed by atoms with Crippen molar-refractivity contribution in [2.45, 2.75) is 113 Å². The van der Waals surface area contributed by atoms with Gasteiger partial charge >= 0.3 is 0 Å². The second-order valence-corrected chi connectivity index (χ2v) is 11.6. The highest BCUT2D eigenvalue weighted by Gasteiger charge is 2.50. The molecule has 0 heterocycles. The van der Waals surface area contributed by atoms with Crippen molar-refractivity contribution in [1.29, 1.82) is 0 Å². The van der Waals surface area contributed by atoms with Crippen molar-refractivity contribution in [3.05, 3.63) is 59.7 Å². The summed E-state index contributed by atoms with van der Waals surface area (Å²) in [6, 6.07) is 14.1. The Hall–Kier alpha value is -2.14. The summed E-state index contributed by atoms with van der Waals surface area (Å²) in [4.78, 5) is 0. The van der Waals surface area contributed by atoms with Crippen LogP contribution in [0.2, 0.25) is 0 Å². The van der Waals surface area contributed by atoms with E-state index in [1.807, 2.05) is 0 Å². The van der Waals surface area contributed by atoms with Crippen molar-refractivity contribution in [3.8, 4) is 0 Å². The van der Waals surface area contributed by atoms with Crippen LogP contribution in [0.5, 0.6) is 0 Å². The van der Waals surface area contributed by atoms with Gasteiger partial charge in [-0.1, -0.05) is 62.8 Å². The van der Waals surface area contributed by atoms with Crippen LogP contribution in [0.1, 0.15) is 102 Å². The quantitative estimate of drug-likeness (QED) is 0.372. The summed E-state index contributed by atoms with van der Waals surface area (Å²) >= 11 is 0. The molecule has 2 atom stereocenters. The molecule has 4 rings (SSSR count). The third-order valence-electron chi connectivity index (χ3n) is 8.30. The number of hydrogen-bond donors (Lipinski definition) is 2. The van der Waals surface area contributed by atoms with E-state index in [2.05, 4.69) is 0 Å². The number of alkyl halides is 2. The van der Waals surface area contributed by atoms with E-state index >= 15 is 8.78 Å². The van der Waals surface area contributed by atoms with Crippen molar-refractivity contribution in [3.63, 3.8) is 0 Å². The predicted molar refractivity (Wildman–Crippen MR) is 141 cm³/mol. The van der Waals surface area contributed by atoms with Gasteiger partial charge in [0.15, 0.2) is 0 Å². The summed E-state index contributed by atoms with van der Waals surface area (Å²) in [6.45, 7) is 3.30. The highest BCUT2D eigenvalue weighted by Crippen LogP contribution is 2.51. The summed E-state index contributed by atoms with van der Waals surface area (Å²) in [6.07, 6.45) is 10.1. The molecular weight excluding hydrogens is 442 g/mol. The van der Waals surface area contributed by atoms with E-state index in [0.29, 0.717) is 22.5 Å². The molecule has 2 aromatic rings. The van der Waals surface area contributed by atoms with Crippen molar-refractivity contribution < 1.29 is 13.5 Å². The fourth-order valence-electron chi connectivity index (χ4n) is 6.56. The Balaban J connectivity index is 1.63. The van der Waals surface area contributed by atoms with Crippen molar-refractivity contribution in [2.24, 2.45) is 0 Å². The van der Waals surface area contributed by atoms with E-state index in [-0.39, 0.29) is 12.8 Å². The van der Waals surface area contributed by atoms with Gasteiger partial charge in [-0.2, -0.15) is 0 Å². The van der Waals surface area contributed by atoms with E-state index in [9.17, 15) is 0 Å². The van der Waals surface area contributed by atoms with E-state index in [1.165, 1.54) is 0 Å². The van der Waals surface area contributed by atoms with Crippen LogP contribution in [0.4, 0.5) is 20.2 Å². The van der Waals surface area contributed by atoms with Gasteiger partial charge in [0.05, 0.1) is 11.2 Å². The average molecular weight is 485 g/mol. The molecule has 0 saturated heterocycles. The Kier molecular flexibility index (Phi) is 7.47. The second-order valence-electron chi connectivity index (χ2n) is 11.6. The van der Waals surface area contributed by atoms with Crippen LogP contribution in [-0.4, -0.2) is 11.2 Å². The van der Waals surface area contributed by atoms with Gasteiger partial charge in [-0.05, 0) is 74.9 Å². The SMILES string of the molecule is CC(F)(CC1(OC2(CC(C)(F)c3ccc(N)cc3)CCCCC2)CCCCC1)c1ccc(N)cc1. The summed E-state index contributed by atoms with van der Waals surface area (Å²) in [7, 11) is 0. The molecule has 0 aromatic heterocycles. The molecule has 0 aliphatic heterocycles. The fraction of sp³-hybridized carbons (Fsp3) is 0.600. The second kappa shape index (κ2) is 10.1. The highest BCUT2D eigenvalue weighted by atomic mass is 19.1. The van der Waals surface area contributed by atoms with Crippen molar-refractivity contribution in [2.75, 3.05) is 11.5 Å². The van der Waals surface area contributed by atoms with Crippen LogP contribution in [0.3, 0.4) is 0 Å². The molecule has 2 aliphatic carbocycles. The van der Waals surface area contributed by atoms with Gasteiger partial charge in [-0.25, -0.2) is 8.78 Å². The third-order valence-corrected chi connectivity index (χ3v) is 8.30. The Morgan fingerprint density at radius 2 is 0.943 bits per heavy atom. The summed E-state index contributed by atoms with van der Waals surface area (Å²) in [5.41, 5.74) is 9.87. The predicted octanol–water partition coefficient (Wildman–Crippen LogP) is 8.12. The van der Waals surface area contributed by atoms with Crippen LogP contribution in [-0.2, 0) is 16.1 Å². The monoisotopic (exact) mass is 484 g/mol. The van der Waals surface area contributed by atoms with E-state index in [0.717, 1.165) is 64.2 Å². The number of rotatable bonds is 8. The highest BCUT2D eigenvalue weighted by molar-refractivity contribution is 5.41. The Morgan fingerprint density at radius 3 is 1.26 bits per heavy atom. The summed E-state index contributed by atoms with van der Waals surface area (Å²) < 4.78 is 39.7. The number of hydrogen-bond acceptors (Lipinski definition) is 3. The summed E-state index contributed by atoms with van der Waals surface area (Å²) in [5.74, 6) is 0. The molecule has 2 fully saturated rings. The van der Waals surface area contributed by atoms with Crippen LogP contribution in [0.15, 0.2) is 48.5 Å². The molecule has 2 aliphatic rings. The van der Waals surface area contributed by atoms with Crippen molar-refractivity contribution >= 4 is 11.4 Å². The molecule has 0 spiro atoms. The molecule has 192 valence electrons. The lowest BCUT2D eigenvalue weighted by molar-refractivity contribution is -0.213. The third kappa shape index (κ3) is 6.17. The fourth-order valence-corrected chi connectivity index (χ4v) is 6.56. The van der Waals surface area contributed by atoms with E-state index < -0.39 is 22.5 Å². The van der Waals surface area contributed by atoms with Crippen LogP contribution < -0.4 is 11.5 Å². The average Bonchev–Trinajstić information content (AvgIpc) is 2.80. The number of anilines is 2. The van der Waals surface area contributed by atoms with Gasteiger partial charge < -0.3 is 16.2 Å². The molecule has 4 N–H and O–H groups in total. The zero-order chi connectivity index (χ0) is 25.2. The lowest BCUT2D eigenvalue weighted by Crippen LogP contribution is -2.51. The number of halogens is 2.